The zero-order chi connectivity index (χ0) is 47.4. The van der Waals surface area contributed by atoms with Gasteiger partial charge in [-0.2, -0.15) is 0 Å². The van der Waals surface area contributed by atoms with Crippen LogP contribution in [0.5, 0.6) is 0 Å². The molecule has 0 radical (unpaired) electrons. The molecule has 3 atom stereocenters. The summed E-state index contributed by atoms with van der Waals surface area (Å²) in [5, 5.41) is 15.0. The van der Waals surface area contributed by atoms with Crippen molar-refractivity contribution in [1.82, 2.24) is 30.7 Å². The van der Waals surface area contributed by atoms with Gasteiger partial charge in [0.2, 0.25) is 17.7 Å². The molecule has 1 saturated heterocycles. The third kappa shape index (κ3) is 25.1. The summed E-state index contributed by atoms with van der Waals surface area (Å²) in [4.78, 5) is 83.8. The molecule has 4 N–H and O–H groups in total. The molecule has 15 heteroatoms. The summed E-state index contributed by atoms with van der Waals surface area (Å²) in [6, 6.07) is 12.2. The monoisotopic (exact) mass is 857 g/mol. The molecule has 3 unspecified atom stereocenters. The van der Waals surface area contributed by atoms with E-state index in [0.29, 0.717) is 19.4 Å². The van der Waals surface area contributed by atoms with Gasteiger partial charge in [-0.15, -0.1) is 6.58 Å². The van der Waals surface area contributed by atoms with Gasteiger partial charge < -0.3 is 40.3 Å². The molecule has 4 amide bonds. The lowest BCUT2D eigenvalue weighted by atomic mass is 9.83. The standard InChI is InChI=1S/C24H40N4O5.C8H10N2.C7H8.2C2H6.CH2O2.2CH2O/c1-6-11-17(20(29)25-5)26-21(30)18-14-10-15-28(18)22(31)19(16-12-8-7-9-13-16)27-23(32)33-24(2,3)4;1-10-5-7-3-2-4-9-8(7)6-10;1-7-5-3-2-4-6-7;2*1-2;2-1-3;2*1-2/h6,16-19H,1,7-15H2,2-5H3,(H,25,29)(H,26,30)(H,27,32);2-4H,5-6H2,1H3;2-6H,1H3;2*1-2H3;1H,(H,2,3);2*1H2. The van der Waals surface area contributed by atoms with Crippen LogP contribution in [0.1, 0.15) is 117 Å². The molecule has 344 valence electrons. The van der Waals surface area contributed by atoms with E-state index in [1.165, 1.54) is 23.9 Å². The second kappa shape index (κ2) is 36.4. The van der Waals surface area contributed by atoms with Crippen LogP contribution >= 0.6 is 0 Å². The summed E-state index contributed by atoms with van der Waals surface area (Å²) in [5.41, 5.74) is 3.26. The number of likely N-dealkylation sites (N-methyl/N-ethyl adjacent to an activating group) is 1. The minimum absolute atomic E-state index is 0.00228. The number of rotatable bonds is 8. The highest BCUT2D eigenvalue weighted by Crippen LogP contribution is 2.30. The summed E-state index contributed by atoms with van der Waals surface area (Å²) in [5.74, 6) is -0.935. The minimum Gasteiger partial charge on any atom is -0.483 e. The van der Waals surface area contributed by atoms with E-state index in [2.05, 4.69) is 64.6 Å². The zero-order valence-electron chi connectivity index (χ0n) is 38.5. The Morgan fingerprint density at radius 3 is 1.95 bits per heavy atom. The van der Waals surface area contributed by atoms with E-state index >= 15 is 0 Å². The number of carbonyl (C=O) groups excluding carboxylic acids is 6. The van der Waals surface area contributed by atoms with Crippen LogP contribution in [0.3, 0.4) is 0 Å². The molecule has 3 aliphatic rings. The molecule has 1 saturated carbocycles. The SMILES string of the molecule is C=CCC(NC(=O)C1CCCN1C(=O)C(NC(=O)OC(C)(C)C)C1CCCCC1)C(=O)NC.C=O.C=O.CC.CC.CN1Cc2cccnc2C1.Cc1ccccc1.O=CO. The predicted octanol–water partition coefficient (Wildman–Crippen LogP) is 6.66. The number of ether oxygens (including phenoxy) is 1. The number of nitrogens with zero attached hydrogens (tertiary/aromatic N) is 3. The fourth-order valence-electron chi connectivity index (χ4n) is 6.50. The Hall–Kier alpha value is -5.44. The molecule has 1 aromatic heterocycles. The Kier molecular flexibility index (Phi) is 35.7. The van der Waals surface area contributed by atoms with E-state index in [4.69, 9.17) is 24.2 Å². The number of fused-ring (bicyclic) bond motifs is 1. The van der Waals surface area contributed by atoms with Gasteiger partial charge in [0.25, 0.3) is 6.47 Å². The fraction of sp³-hybridized carbons (Fsp3) is 0.565. The smallest absolute Gasteiger partial charge is 0.408 e. The maximum Gasteiger partial charge on any atom is 0.408 e. The van der Waals surface area contributed by atoms with Gasteiger partial charge in [-0.3, -0.25) is 29.1 Å². The summed E-state index contributed by atoms with van der Waals surface area (Å²) >= 11 is 0. The molecule has 61 heavy (non-hydrogen) atoms. The van der Waals surface area contributed by atoms with Gasteiger partial charge in [-0.25, -0.2) is 4.79 Å². The van der Waals surface area contributed by atoms with Gasteiger partial charge >= 0.3 is 6.09 Å². The number of nitrogens with one attached hydrogen (secondary N) is 3. The number of aromatic nitrogens is 1. The molecule has 5 rings (SSSR count). The lowest BCUT2D eigenvalue weighted by molar-refractivity contribution is -0.142. The Morgan fingerprint density at radius 1 is 0.902 bits per heavy atom. The highest BCUT2D eigenvalue weighted by molar-refractivity contribution is 5.94. The second-order valence-corrected chi connectivity index (χ2v) is 14.5. The summed E-state index contributed by atoms with van der Waals surface area (Å²) < 4.78 is 5.41. The van der Waals surface area contributed by atoms with Crippen molar-refractivity contribution in [1.29, 1.82) is 0 Å². The Bertz CT molecular complexity index is 1470. The number of aryl methyl sites for hydroxylation is 1. The summed E-state index contributed by atoms with van der Waals surface area (Å²) in [6.45, 7) is 25.3. The Morgan fingerprint density at radius 2 is 1.48 bits per heavy atom. The van der Waals surface area contributed by atoms with Crippen molar-refractivity contribution in [2.45, 2.75) is 144 Å². The predicted molar refractivity (Wildman–Crippen MR) is 241 cm³/mol. The molecule has 2 aromatic rings. The van der Waals surface area contributed by atoms with Gasteiger partial charge in [0, 0.05) is 32.9 Å². The molecule has 15 nitrogen and oxygen atoms in total. The zero-order valence-corrected chi connectivity index (χ0v) is 38.5. The van der Waals surface area contributed by atoms with Crippen molar-refractivity contribution in [3.8, 4) is 0 Å². The molecule has 2 fully saturated rings. The maximum absolute atomic E-state index is 13.6. The van der Waals surface area contributed by atoms with E-state index in [-0.39, 0.29) is 36.5 Å². The van der Waals surface area contributed by atoms with Gasteiger partial charge in [-0.1, -0.05) is 95.0 Å². The summed E-state index contributed by atoms with van der Waals surface area (Å²) in [7, 11) is 3.62. The van der Waals surface area contributed by atoms with Crippen LogP contribution in [-0.4, -0.2) is 108 Å². The minimum atomic E-state index is -0.744. The van der Waals surface area contributed by atoms with Crippen molar-refractivity contribution in [3.63, 3.8) is 0 Å². The molecule has 0 bridgehead atoms. The van der Waals surface area contributed by atoms with Gasteiger partial charge in [-0.05, 0) is 84.4 Å². The Labute approximate surface area is 365 Å². The number of carboxylic acid groups (broad SMARTS) is 1. The number of likely N-dealkylation sites (tertiary alicyclic amines) is 1. The first-order valence-electron chi connectivity index (χ1n) is 21.0. The number of amides is 4. The van der Waals surface area contributed by atoms with Crippen molar-refractivity contribution in [2.24, 2.45) is 5.92 Å². The van der Waals surface area contributed by atoms with Gasteiger partial charge in [0.05, 0.1) is 5.69 Å². The first kappa shape index (κ1) is 59.9. The van der Waals surface area contributed by atoms with Crippen LogP contribution in [0.2, 0.25) is 0 Å². The van der Waals surface area contributed by atoms with Crippen molar-refractivity contribution in [3.05, 3.63) is 78.1 Å². The van der Waals surface area contributed by atoms with E-state index in [1.54, 1.807) is 31.7 Å². The van der Waals surface area contributed by atoms with Crippen LogP contribution in [0.15, 0.2) is 61.3 Å². The number of benzene rings is 1. The topological polar surface area (TPSA) is 204 Å². The van der Waals surface area contributed by atoms with Crippen LogP contribution in [0.25, 0.3) is 0 Å². The average Bonchev–Trinajstić information content (AvgIpc) is 3.92. The van der Waals surface area contributed by atoms with Crippen LogP contribution < -0.4 is 16.0 Å². The van der Waals surface area contributed by atoms with E-state index in [0.717, 1.165) is 45.2 Å². The lowest BCUT2D eigenvalue weighted by Crippen LogP contribution is -2.58. The normalized spacial score (nSPS) is 15.7. The van der Waals surface area contributed by atoms with Crippen LogP contribution in [0.4, 0.5) is 4.79 Å². The van der Waals surface area contributed by atoms with E-state index < -0.39 is 29.8 Å². The fourth-order valence-corrected chi connectivity index (χ4v) is 6.50. The third-order valence-corrected chi connectivity index (χ3v) is 8.96. The number of hydrogen-bond acceptors (Lipinski definition) is 10. The molecule has 0 spiro atoms. The third-order valence-electron chi connectivity index (χ3n) is 8.96. The van der Waals surface area contributed by atoms with Gasteiger partial charge in [0.15, 0.2) is 0 Å². The molecule has 3 heterocycles. The highest BCUT2D eigenvalue weighted by atomic mass is 16.6. The quantitative estimate of drug-likeness (QED) is 0.163. The number of hydrogen-bond donors (Lipinski definition) is 4. The number of alkyl carbamates (subject to hydrolysis) is 1. The van der Waals surface area contributed by atoms with Gasteiger partial charge in [0.1, 0.15) is 37.3 Å². The van der Waals surface area contributed by atoms with E-state index in [9.17, 15) is 19.2 Å². The second-order valence-electron chi connectivity index (χ2n) is 14.5. The Balaban J connectivity index is -0.000000964. The first-order valence-corrected chi connectivity index (χ1v) is 21.0. The van der Waals surface area contributed by atoms with E-state index in [1.807, 2.05) is 71.7 Å². The van der Waals surface area contributed by atoms with Crippen LogP contribution in [-0.2, 0) is 46.6 Å². The maximum atomic E-state index is 13.6. The number of carbonyl (C=O) groups is 7. The summed E-state index contributed by atoms with van der Waals surface area (Å²) in [6.07, 6.45) is 9.09. The first-order chi connectivity index (χ1) is 29.2. The van der Waals surface area contributed by atoms with Crippen molar-refractivity contribution in [2.75, 3.05) is 20.6 Å². The number of pyridine rings is 1. The molecule has 1 aliphatic carbocycles. The van der Waals surface area contributed by atoms with Crippen molar-refractivity contribution >= 4 is 43.9 Å². The molecular weight excluding hydrogens is 781 g/mol. The average molecular weight is 857 g/mol. The van der Waals surface area contributed by atoms with Crippen molar-refractivity contribution < 1.29 is 43.4 Å². The molecule has 1 aromatic carbocycles. The largest absolute Gasteiger partial charge is 0.483 e. The molecular formula is C46H76N6O9. The van der Waals surface area contributed by atoms with Crippen LogP contribution in [0, 0.1) is 12.8 Å². The highest BCUT2D eigenvalue weighted by Gasteiger charge is 2.41. The lowest BCUT2D eigenvalue weighted by Gasteiger charge is -2.35. The molecule has 2 aliphatic heterocycles.